The van der Waals surface area contributed by atoms with E-state index in [1.807, 2.05) is 0 Å². The van der Waals surface area contributed by atoms with Crippen molar-refractivity contribution < 1.29 is 0 Å². The molecule has 1 aromatic carbocycles. The molecule has 2 heteroatoms. The Kier molecular flexibility index (Phi) is 5.30. The highest BCUT2D eigenvalue weighted by Crippen LogP contribution is 2.59. The highest BCUT2D eigenvalue weighted by molar-refractivity contribution is 9.10. The fourth-order valence-corrected chi connectivity index (χ4v) is 4.29. The predicted octanol–water partition coefficient (Wildman–Crippen LogP) is 5.29. The van der Waals surface area contributed by atoms with Gasteiger partial charge in [0, 0.05) is 16.4 Å². The number of benzene rings is 1. The highest BCUT2D eigenvalue weighted by Gasteiger charge is 2.52. The van der Waals surface area contributed by atoms with Gasteiger partial charge in [-0.25, -0.2) is 0 Å². The van der Waals surface area contributed by atoms with E-state index in [1.54, 1.807) is 0 Å². The Hall–Kier alpha value is -0.340. The highest BCUT2D eigenvalue weighted by atomic mass is 79.9. The molecule has 0 amide bonds. The molecule has 1 aliphatic carbocycles. The van der Waals surface area contributed by atoms with Crippen LogP contribution in [0.2, 0.25) is 0 Å². The Labute approximate surface area is 132 Å². The molecule has 0 radical (unpaired) electrons. The van der Waals surface area contributed by atoms with Gasteiger partial charge in [-0.05, 0) is 48.9 Å². The van der Waals surface area contributed by atoms with E-state index in [1.165, 1.54) is 42.1 Å². The van der Waals surface area contributed by atoms with Crippen LogP contribution in [0.3, 0.4) is 0 Å². The van der Waals surface area contributed by atoms with Gasteiger partial charge < -0.3 is 5.32 Å². The van der Waals surface area contributed by atoms with Crippen LogP contribution in [0, 0.1) is 5.41 Å². The zero-order valence-electron chi connectivity index (χ0n) is 13.1. The molecule has 1 N–H and O–H groups in total. The van der Waals surface area contributed by atoms with Crippen molar-refractivity contribution in [1.82, 2.24) is 5.32 Å². The van der Waals surface area contributed by atoms with Gasteiger partial charge in [0.25, 0.3) is 0 Å². The van der Waals surface area contributed by atoms with Crippen molar-refractivity contribution in [2.75, 3.05) is 13.1 Å². The smallest absolute Gasteiger partial charge is 0.0178 e. The van der Waals surface area contributed by atoms with Crippen LogP contribution in [0.5, 0.6) is 0 Å². The molecule has 1 aromatic rings. The predicted molar refractivity (Wildman–Crippen MR) is 91.2 cm³/mol. The summed E-state index contributed by atoms with van der Waals surface area (Å²) < 4.78 is 1.20. The van der Waals surface area contributed by atoms with E-state index in [0.717, 1.165) is 13.1 Å². The maximum atomic E-state index is 3.67. The number of hydrogen-bond donors (Lipinski definition) is 1. The number of hydrogen-bond acceptors (Lipinski definition) is 1. The van der Waals surface area contributed by atoms with Crippen molar-refractivity contribution >= 4 is 15.9 Å². The van der Waals surface area contributed by atoms with Crippen LogP contribution in [0.15, 0.2) is 28.7 Å². The van der Waals surface area contributed by atoms with Crippen LogP contribution in [0.4, 0.5) is 0 Å². The molecule has 0 saturated heterocycles. The molecule has 0 aliphatic heterocycles. The summed E-state index contributed by atoms with van der Waals surface area (Å²) in [7, 11) is 0. The molecular weight excluding hydrogens is 310 g/mol. The first-order valence-electron chi connectivity index (χ1n) is 8.06. The Morgan fingerprint density at radius 1 is 1.15 bits per heavy atom. The number of halogens is 1. The second kappa shape index (κ2) is 6.62. The van der Waals surface area contributed by atoms with Gasteiger partial charge in [0.2, 0.25) is 0 Å². The minimum absolute atomic E-state index is 0.352. The van der Waals surface area contributed by atoms with Gasteiger partial charge in [-0.2, -0.15) is 0 Å². The first kappa shape index (κ1) is 16.0. The SMILES string of the molecule is CCCNCC1(c2cccc(Br)c2)CC(CC)(CC)C1. The molecule has 0 aromatic heterocycles. The van der Waals surface area contributed by atoms with E-state index in [9.17, 15) is 0 Å². The molecule has 0 unspecified atom stereocenters. The standard InChI is InChI=1S/C18H28BrN/c1-4-10-20-14-18(12-17(5-2,6-3)13-18)15-8-7-9-16(19)11-15/h7-9,11,20H,4-6,10,12-14H2,1-3H3. The maximum Gasteiger partial charge on any atom is 0.0178 e. The average Bonchev–Trinajstić information content (AvgIpc) is 2.42. The lowest BCUT2D eigenvalue weighted by molar-refractivity contribution is 0.0130. The fourth-order valence-electron chi connectivity index (χ4n) is 3.89. The topological polar surface area (TPSA) is 12.0 Å². The summed E-state index contributed by atoms with van der Waals surface area (Å²) in [4.78, 5) is 0. The zero-order valence-corrected chi connectivity index (χ0v) is 14.7. The van der Waals surface area contributed by atoms with Crippen LogP contribution in [-0.2, 0) is 5.41 Å². The first-order valence-corrected chi connectivity index (χ1v) is 8.86. The van der Waals surface area contributed by atoms with Crippen LogP contribution in [-0.4, -0.2) is 13.1 Å². The molecule has 2 rings (SSSR count). The average molecular weight is 338 g/mol. The minimum atomic E-state index is 0.352. The van der Waals surface area contributed by atoms with E-state index in [0.29, 0.717) is 10.8 Å². The molecule has 1 saturated carbocycles. The molecule has 20 heavy (non-hydrogen) atoms. The van der Waals surface area contributed by atoms with Crippen molar-refractivity contribution in [3.63, 3.8) is 0 Å². The Morgan fingerprint density at radius 3 is 2.40 bits per heavy atom. The van der Waals surface area contributed by atoms with E-state index < -0.39 is 0 Å². The monoisotopic (exact) mass is 337 g/mol. The summed E-state index contributed by atoms with van der Waals surface area (Å²) >= 11 is 3.63. The van der Waals surface area contributed by atoms with Crippen molar-refractivity contribution in [3.05, 3.63) is 34.3 Å². The normalized spacial score (nSPS) is 19.6. The van der Waals surface area contributed by atoms with Crippen molar-refractivity contribution in [2.45, 2.75) is 58.3 Å². The van der Waals surface area contributed by atoms with E-state index >= 15 is 0 Å². The summed E-state index contributed by atoms with van der Waals surface area (Å²) in [5.41, 5.74) is 2.44. The minimum Gasteiger partial charge on any atom is -0.316 e. The molecule has 0 spiro atoms. The summed E-state index contributed by atoms with van der Waals surface area (Å²) in [5.74, 6) is 0. The molecule has 0 bridgehead atoms. The third-order valence-electron chi connectivity index (χ3n) is 5.25. The summed E-state index contributed by atoms with van der Waals surface area (Å²) in [6.45, 7) is 9.20. The first-order chi connectivity index (χ1) is 9.60. The van der Waals surface area contributed by atoms with Gasteiger partial charge in [0.15, 0.2) is 0 Å². The van der Waals surface area contributed by atoms with Crippen molar-refractivity contribution in [1.29, 1.82) is 0 Å². The molecular formula is C18H28BrN. The largest absolute Gasteiger partial charge is 0.316 e. The Morgan fingerprint density at radius 2 is 1.85 bits per heavy atom. The fraction of sp³-hybridized carbons (Fsp3) is 0.667. The third-order valence-corrected chi connectivity index (χ3v) is 5.75. The van der Waals surface area contributed by atoms with E-state index in [4.69, 9.17) is 0 Å². The van der Waals surface area contributed by atoms with Crippen LogP contribution in [0.1, 0.15) is 58.4 Å². The Balaban J connectivity index is 2.19. The Bertz CT molecular complexity index is 429. The molecule has 1 nitrogen and oxygen atoms in total. The summed E-state index contributed by atoms with van der Waals surface area (Å²) in [5, 5.41) is 3.67. The van der Waals surface area contributed by atoms with Crippen molar-refractivity contribution in [2.24, 2.45) is 5.41 Å². The lowest BCUT2D eigenvalue weighted by atomic mass is 9.48. The summed E-state index contributed by atoms with van der Waals surface area (Å²) in [6.07, 6.45) is 6.50. The lowest BCUT2D eigenvalue weighted by Gasteiger charge is -2.57. The quantitative estimate of drug-likeness (QED) is 0.667. The number of nitrogens with one attached hydrogen (secondary N) is 1. The van der Waals surface area contributed by atoms with Gasteiger partial charge in [0.1, 0.15) is 0 Å². The molecule has 0 atom stereocenters. The van der Waals surface area contributed by atoms with Gasteiger partial charge in [-0.15, -0.1) is 0 Å². The molecule has 0 heterocycles. The van der Waals surface area contributed by atoms with Crippen LogP contribution >= 0.6 is 15.9 Å². The van der Waals surface area contributed by atoms with Crippen LogP contribution in [0.25, 0.3) is 0 Å². The van der Waals surface area contributed by atoms with Gasteiger partial charge in [-0.3, -0.25) is 0 Å². The van der Waals surface area contributed by atoms with E-state index in [2.05, 4.69) is 66.3 Å². The second-order valence-electron chi connectivity index (χ2n) is 6.53. The summed E-state index contributed by atoms with van der Waals surface area (Å²) in [6, 6.07) is 8.94. The second-order valence-corrected chi connectivity index (χ2v) is 7.44. The third kappa shape index (κ3) is 3.12. The lowest BCUT2D eigenvalue weighted by Crippen LogP contribution is -2.54. The number of rotatable bonds is 7. The van der Waals surface area contributed by atoms with Gasteiger partial charge >= 0.3 is 0 Å². The molecule has 1 aliphatic rings. The van der Waals surface area contributed by atoms with Crippen molar-refractivity contribution in [3.8, 4) is 0 Å². The maximum absolute atomic E-state index is 3.67. The zero-order chi connectivity index (χ0) is 14.6. The van der Waals surface area contributed by atoms with Gasteiger partial charge in [-0.1, -0.05) is 61.7 Å². The molecule has 112 valence electrons. The molecule has 1 fully saturated rings. The van der Waals surface area contributed by atoms with Crippen LogP contribution < -0.4 is 5.32 Å². The van der Waals surface area contributed by atoms with Gasteiger partial charge in [0.05, 0.1) is 0 Å². The van der Waals surface area contributed by atoms with E-state index in [-0.39, 0.29) is 0 Å².